The fourth-order valence-electron chi connectivity index (χ4n) is 2.04. The van der Waals surface area contributed by atoms with Crippen molar-refractivity contribution in [1.29, 1.82) is 0 Å². The molecule has 0 spiro atoms. The average molecular weight is 279 g/mol. The molecule has 0 aliphatic rings. The summed E-state index contributed by atoms with van der Waals surface area (Å²) in [6.07, 6.45) is 0. The van der Waals surface area contributed by atoms with Gasteiger partial charge >= 0.3 is 0 Å². The zero-order chi connectivity index (χ0) is 14.8. The van der Waals surface area contributed by atoms with Gasteiger partial charge in [-0.3, -0.25) is 4.79 Å². The van der Waals surface area contributed by atoms with Gasteiger partial charge in [-0.05, 0) is 24.3 Å². The fourth-order valence-corrected chi connectivity index (χ4v) is 2.04. The number of H-pyrrole nitrogens is 1. The number of aromatic nitrogens is 2. The van der Waals surface area contributed by atoms with E-state index in [9.17, 15) is 4.79 Å². The van der Waals surface area contributed by atoms with E-state index in [2.05, 4.69) is 15.0 Å². The van der Waals surface area contributed by atoms with Crippen molar-refractivity contribution in [3.8, 4) is 11.4 Å². The van der Waals surface area contributed by atoms with Crippen molar-refractivity contribution in [2.45, 2.75) is 0 Å². The Kier molecular flexibility index (Phi) is 3.12. The van der Waals surface area contributed by atoms with E-state index in [1.807, 2.05) is 24.3 Å². The highest BCUT2D eigenvalue weighted by Gasteiger charge is 2.07. The number of hydrogen-bond acceptors (Lipinski definition) is 2. The number of aliphatic imine (C=N–C) groups is 1. The van der Waals surface area contributed by atoms with Gasteiger partial charge in [0.05, 0.1) is 11.0 Å². The predicted octanol–water partition coefficient (Wildman–Crippen LogP) is 1.64. The van der Waals surface area contributed by atoms with Crippen LogP contribution in [-0.2, 0) is 0 Å². The highest BCUT2D eigenvalue weighted by molar-refractivity contribution is 6.02. The fraction of sp³-hybridized carbons (Fsp3) is 0. The highest BCUT2D eigenvalue weighted by atomic mass is 16.1. The summed E-state index contributed by atoms with van der Waals surface area (Å²) < 4.78 is 0. The lowest BCUT2D eigenvalue weighted by Crippen LogP contribution is -2.24. The minimum atomic E-state index is -0.467. The number of imidazole rings is 1. The van der Waals surface area contributed by atoms with Crippen LogP contribution in [0.1, 0.15) is 10.4 Å². The smallest absolute Gasteiger partial charge is 0.280 e. The van der Waals surface area contributed by atoms with Crippen LogP contribution in [0.2, 0.25) is 0 Å². The average Bonchev–Trinajstić information content (AvgIpc) is 2.90. The third kappa shape index (κ3) is 2.59. The largest absolute Gasteiger partial charge is 0.370 e. The van der Waals surface area contributed by atoms with Crippen molar-refractivity contribution in [2.24, 2.45) is 16.5 Å². The molecule has 0 aliphatic carbocycles. The van der Waals surface area contributed by atoms with Crippen LogP contribution in [0.4, 0.5) is 0 Å². The molecule has 1 heterocycles. The number of carbonyl (C=O) groups excluding carboxylic acids is 1. The van der Waals surface area contributed by atoms with E-state index in [0.29, 0.717) is 5.56 Å². The van der Waals surface area contributed by atoms with Crippen molar-refractivity contribution < 1.29 is 4.79 Å². The summed E-state index contributed by atoms with van der Waals surface area (Å²) in [5.41, 5.74) is 13.5. The molecule has 3 rings (SSSR count). The lowest BCUT2D eigenvalue weighted by molar-refractivity contribution is 0.100. The number of aromatic amines is 1. The van der Waals surface area contributed by atoms with Gasteiger partial charge in [-0.15, -0.1) is 0 Å². The number of guanidine groups is 1. The van der Waals surface area contributed by atoms with Crippen LogP contribution < -0.4 is 11.5 Å². The maximum atomic E-state index is 11.7. The maximum Gasteiger partial charge on any atom is 0.280 e. The highest BCUT2D eigenvalue weighted by Crippen LogP contribution is 2.20. The summed E-state index contributed by atoms with van der Waals surface area (Å²) in [5, 5.41) is 0. The number of rotatable bonds is 2. The Bertz CT molecular complexity index is 796. The van der Waals surface area contributed by atoms with E-state index in [0.717, 1.165) is 22.4 Å². The van der Waals surface area contributed by atoms with Gasteiger partial charge < -0.3 is 16.5 Å². The Balaban J connectivity index is 1.93. The van der Waals surface area contributed by atoms with Crippen LogP contribution >= 0.6 is 0 Å². The van der Waals surface area contributed by atoms with Crippen LogP contribution in [0.15, 0.2) is 53.5 Å². The van der Waals surface area contributed by atoms with Crippen LogP contribution in [-0.4, -0.2) is 21.8 Å². The number of para-hydroxylation sites is 2. The van der Waals surface area contributed by atoms with Crippen molar-refractivity contribution >= 4 is 22.9 Å². The minimum Gasteiger partial charge on any atom is -0.370 e. The monoisotopic (exact) mass is 279 g/mol. The molecular formula is C15H13N5O. The molecule has 0 saturated carbocycles. The summed E-state index contributed by atoms with van der Waals surface area (Å²) in [6, 6.07) is 14.7. The first-order chi connectivity index (χ1) is 10.1. The first-order valence-corrected chi connectivity index (χ1v) is 6.32. The summed E-state index contributed by atoms with van der Waals surface area (Å²) >= 11 is 0. The lowest BCUT2D eigenvalue weighted by atomic mass is 10.1. The van der Waals surface area contributed by atoms with Crippen molar-refractivity contribution in [1.82, 2.24) is 9.97 Å². The van der Waals surface area contributed by atoms with Gasteiger partial charge in [0.25, 0.3) is 5.91 Å². The SMILES string of the molecule is NC(N)=NC(=O)c1ccc(-c2nc3ccccc3[nH]2)cc1. The topological polar surface area (TPSA) is 110 Å². The zero-order valence-electron chi connectivity index (χ0n) is 11.1. The second-order valence-electron chi connectivity index (χ2n) is 4.52. The number of carbonyl (C=O) groups is 1. The van der Waals surface area contributed by atoms with Gasteiger partial charge in [-0.25, -0.2) is 4.98 Å². The Morgan fingerprint density at radius 2 is 1.76 bits per heavy atom. The predicted molar refractivity (Wildman–Crippen MR) is 81.7 cm³/mol. The Morgan fingerprint density at radius 1 is 1.05 bits per heavy atom. The molecule has 0 radical (unpaired) electrons. The molecule has 2 aromatic carbocycles. The first kappa shape index (κ1) is 12.9. The van der Waals surface area contributed by atoms with Crippen molar-refractivity contribution in [2.75, 3.05) is 0 Å². The normalized spacial score (nSPS) is 10.5. The Labute approximate surface area is 120 Å². The second-order valence-corrected chi connectivity index (χ2v) is 4.52. The van der Waals surface area contributed by atoms with Crippen LogP contribution in [0.5, 0.6) is 0 Å². The number of nitrogens with zero attached hydrogens (tertiary/aromatic N) is 2. The summed E-state index contributed by atoms with van der Waals surface area (Å²) in [6.45, 7) is 0. The molecule has 0 fully saturated rings. The standard InChI is InChI=1S/C15H13N5O/c16-15(17)20-14(21)10-7-5-9(6-8-10)13-18-11-3-1-2-4-12(11)19-13/h1-8H,(H,18,19)(H4,16,17,20,21). The molecule has 1 amide bonds. The Hall–Kier alpha value is -3.15. The molecule has 21 heavy (non-hydrogen) atoms. The van der Waals surface area contributed by atoms with Gasteiger partial charge in [0, 0.05) is 11.1 Å². The summed E-state index contributed by atoms with van der Waals surface area (Å²) in [4.78, 5) is 22.9. The molecule has 3 aromatic rings. The third-order valence-corrected chi connectivity index (χ3v) is 3.03. The van der Waals surface area contributed by atoms with E-state index in [-0.39, 0.29) is 5.96 Å². The number of nitrogens with one attached hydrogen (secondary N) is 1. The third-order valence-electron chi connectivity index (χ3n) is 3.03. The molecule has 0 atom stereocenters. The minimum absolute atomic E-state index is 0.249. The van der Waals surface area contributed by atoms with Gasteiger partial charge in [0.15, 0.2) is 5.96 Å². The van der Waals surface area contributed by atoms with Crippen LogP contribution in [0, 0.1) is 0 Å². The lowest BCUT2D eigenvalue weighted by Gasteiger charge is -1.99. The Morgan fingerprint density at radius 3 is 2.43 bits per heavy atom. The summed E-state index contributed by atoms with van der Waals surface area (Å²) in [5.74, 6) is 0.0320. The van der Waals surface area contributed by atoms with E-state index >= 15 is 0 Å². The molecule has 6 nitrogen and oxygen atoms in total. The van der Waals surface area contributed by atoms with E-state index < -0.39 is 5.91 Å². The molecule has 6 heteroatoms. The van der Waals surface area contributed by atoms with E-state index in [1.54, 1.807) is 24.3 Å². The first-order valence-electron chi connectivity index (χ1n) is 6.32. The quantitative estimate of drug-likeness (QED) is 0.489. The number of nitrogens with two attached hydrogens (primary N) is 2. The number of hydrogen-bond donors (Lipinski definition) is 3. The molecule has 1 aromatic heterocycles. The summed E-state index contributed by atoms with van der Waals surface area (Å²) in [7, 11) is 0. The molecule has 0 saturated heterocycles. The molecule has 5 N–H and O–H groups in total. The van der Waals surface area contributed by atoms with Crippen LogP contribution in [0.3, 0.4) is 0 Å². The van der Waals surface area contributed by atoms with Gasteiger partial charge in [-0.1, -0.05) is 24.3 Å². The molecule has 0 unspecified atom stereocenters. The van der Waals surface area contributed by atoms with Gasteiger partial charge in [0.2, 0.25) is 0 Å². The van der Waals surface area contributed by atoms with Crippen LogP contribution in [0.25, 0.3) is 22.4 Å². The van der Waals surface area contributed by atoms with Gasteiger partial charge in [-0.2, -0.15) is 4.99 Å². The molecule has 0 aliphatic heterocycles. The number of amides is 1. The molecule has 104 valence electrons. The maximum absolute atomic E-state index is 11.7. The van der Waals surface area contributed by atoms with E-state index in [1.165, 1.54) is 0 Å². The second kappa shape index (κ2) is 5.09. The molecular weight excluding hydrogens is 266 g/mol. The van der Waals surface area contributed by atoms with Gasteiger partial charge in [0.1, 0.15) is 5.82 Å². The van der Waals surface area contributed by atoms with Crippen molar-refractivity contribution in [3.05, 3.63) is 54.1 Å². The number of benzene rings is 2. The number of fused-ring (bicyclic) bond motifs is 1. The zero-order valence-corrected chi connectivity index (χ0v) is 11.1. The molecule has 0 bridgehead atoms. The van der Waals surface area contributed by atoms with Crippen molar-refractivity contribution in [3.63, 3.8) is 0 Å². The van der Waals surface area contributed by atoms with E-state index in [4.69, 9.17) is 11.5 Å².